The molecule has 0 bridgehead atoms. The molecule has 0 fully saturated rings. The molecule has 0 atom stereocenters. The fourth-order valence-electron chi connectivity index (χ4n) is 1.64. The molecule has 0 saturated carbocycles. The molecule has 20 heavy (non-hydrogen) atoms. The van der Waals surface area contributed by atoms with E-state index in [0.717, 1.165) is 0 Å². The van der Waals surface area contributed by atoms with Crippen molar-refractivity contribution in [3.63, 3.8) is 0 Å². The number of hydrogen-bond acceptors (Lipinski definition) is 7. The minimum Gasteiger partial charge on any atom is -0.491 e. The largest absolute Gasteiger partial charge is 0.491 e. The van der Waals surface area contributed by atoms with Crippen molar-refractivity contribution in [1.29, 1.82) is 0 Å². The summed E-state index contributed by atoms with van der Waals surface area (Å²) in [6.07, 6.45) is 0.401. The van der Waals surface area contributed by atoms with Crippen molar-refractivity contribution in [2.75, 3.05) is 14.2 Å². The van der Waals surface area contributed by atoms with Crippen LogP contribution in [0.15, 0.2) is 6.07 Å². The van der Waals surface area contributed by atoms with Gasteiger partial charge in [-0.15, -0.1) is 0 Å². The van der Waals surface area contributed by atoms with Crippen LogP contribution in [0.25, 0.3) is 10.3 Å². The first-order valence-corrected chi connectivity index (χ1v) is 6.79. The monoisotopic (exact) mass is 294 g/mol. The van der Waals surface area contributed by atoms with E-state index in [1.165, 1.54) is 32.5 Å². The molecule has 0 spiro atoms. The molecular formula is C13H14N2O4S. The van der Waals surface area contributed by atoms with Crippen molar-refractivity contribution in [2.24, 2.45) is 0 Å². The lowest BCUT2D eigenvalue weighted by atomic mass is 10.2. The maximum Gasteiger partial charge on any atom is 0.258 e. The average Bonchev–Trinajstić information content (AvgIpc) is 2.85. The highest BCUT2D eigenvalue weighted by Gasteiger charge is 2.16. The highest BCUT2D eigenvalue weighted by atomic mass is 32.1. The van der Waals surface area contributed by atoms with Crippen LogP contribution in [0, 0.1) is 0 Å². The number of Topliss-reactive ketones (excluding diaryl/α,β-unsaturated/α-hetero) is 2. The van der Waals surface area contributed by atoms with E-state index < -0.39 is 0 Å². The molecule has 0 aliphatic heterocycles. The van der Waals surface area contributed by atoms with Crippen molar-refractivity contribution in [3.05, 3.63) is 11.1 Å². The quantitative estimate of drug-likeness (QED) is 0.760. The van der Waals surface area contributed by atoms with E-state index in [-0.39, 0.29) is 24.4 Å². The zero-order chi connectivity index (χ0) is 14.7. The van der Waals surface area contributed by atoms with Crippen LogP contribution >= 0.6 is 11.3 Å². The maximum atomic E-state index is 11.9. The third-order valence-corrected chi connectivity index (χ3v) is 3.68. The topological polar surface area (TPSA) is 78.4 Å². The molecule has 0 aliphatic rings. The van der Waals surface area contributed by atoms with Gasteiger partial charge in [-0.2, -0.15) is 4.98 Å². The lowest BCUT2D eigenvalue weighted by Gasteiger charge is -2.04. The predicted octanol–water partition coefficient (Wildman–Crippen LogP) is 2.26. The Labute approximate surface area is 119 Å². The summed E-state index contributed by atoms with van der Waals surface area (Å²) in [6, 6.07) is 1.68. The molecule has 2 rings (SSSR count). The molecule has 2 aromatic heterocycles. The maximum absolute atomic E-state index is 11.9. The van der Waals surface area contributed by atoms with E-state index in [0.29, 0.717) is 27.0 Å². The van der Waals surface area contributed by atoms with E-state index in [1.807, 2.05) is 0 Å². The number of thiazole rings is 1. The first kappa shape index (κ1) is 14.4. The second kappa shape index (κ2) is 5.96. The van der Waals surface area contributed by atoms with Crippen molar-refractivity contribution in [2.45, 2.75) is 19.8 Å². The van der Waals surface area contributed by atoms with E-state index in [2.05, 4.69) is 9.97 Å². The number of nitrogens with zero attached hydrogens (tertiary/aromatic N) is 2. The number of carbonyl (C=O) groups is 2. The standard InChI is InChI=1S/C13H14N2O4S/c1-7(16)4-5-9(17)13-14-8-6-10(18-2)11(19-3)15-12(8)20-13/h6H,4-5H2,1-3H3. The Morgan fingerprint density at radius 2 is 1.95 bits per heavy atom. The van der Waals surface area contributed by atoms with Crippen LogP contribution < -0.4 is 9.47 Å². The number of ether oxygens (including phenoxy) is 2. The molecule has 7 heteroatoms. The van der Waals surface area contributed by atoms with Gasteiger partial charge in [-0.05, 0) is 6.92 Å². The Bertz CT molecular complexity index is 625. The summed E-state index contributed by atoms with van der Waals surface area (Å²) in [5, 5.41) is 0.351. The average molecular weight is 294 g/mol. The van der Waals surface area contributed by atoms with E-state index in [1.54, 1.807) is 6.07 Å². The van der Waals surface area contributed by atoms with Gasteiger partial charge in [0.15, 0.2) is 16.5 Å². The number of hydrogen-bond donors (Lipinski definition) is 0. The number of carbonyl (C=O) groups excluding carboxylic acids is 2. The molecular weight excluding hydrogens is 280 g/mol. The van der Waals surface area contributed by atoms with Gasteiger partial charge in [0.05, 0.1) is 14.2 Å². The Balaban J connectivity index is 2.33. The van der Waals surface area contributed by atoms with Gasteiger partial charge in [0.2, 0.25) is 0 Å². The van der Waals surface area contributed by atoms with Gasteiger partial charge in [-0.25, -0.2) is 4.98 Å². The highest BCUT2D eigenvalue weighted by molar-refractivity contribution is 7.19. The summed E-state index contributed by atoms with van der Waals surface area (Å²) in [5.41, 5.74) is 0.582. The molecule has 0 N–H and O–H groups in total. The second-order valence-electron chi connectivity index (χ2n) is 4.17. The van der Waals surface area contributed by atoms with Crippen LogP contribution in [0.1, 0.15) is 29.6 Å². The normalized spacial score (nSPS) is 10.6. The Kier molecular flexibility index (Phi) is 4.29. The van der Waals surface area contributed by atoms with Gasteiger partial charge in [-0.3, -0.25) is 4.79 Å². The molecule has 0 radical (unpaired) electrons. The van der Waals surface area contributed by atoms with Crippen molar-refractivity contribution >= 4 is 33.3 Å². The van der Waals surface area contributed by atoms with Gasteiger partial charge < -0.3 is 14.3 Å². The lowest BCUT2D eigenvalue weighted by Crippen LogP contribution is -2.01. The van der Waals surface area contributed by atoms with Crippen LogP contribution in [0.5, 0.6) is 11.6 Å². The number of rotatable bonds is 6. The summed E-state index contributed by atoms with van der Waals surface area (Å²) in [5.74, 6) is 0.654. The predicted molar refractivity (Wildman–Crippen MR) is 74.8 cm³/mol. The molecule has 2 heterocycles. The van der Waals surface area contributed by atoms with E-state index >= 15 is 0 Å². The SMILES string of the molecule is COc1cc2nc(C(=O)CCC(C)=O)sc2nc1OC. The van der Waals surface area contributed by atoms with Gasteiger partial charge >= 0.3 is 0 Å². The Morgan fingerprint density at radius 3 is 2.55 bits per heavy atom. The summed E-state index contributed by atoms with van der Waals surface area (Å²) < 4.78 is 10.2. The zero-order valence-corrected chi connectivity index (χ0v) is 12.2. The molecule has 0 amide bonds. The Morgan fingerprint density at radius 1 is 1.20 bits per heavy atom. The zero-order valence-electron chi connectivity index (χ0n) is 11.4. The minimum atomic E-state index is -0.152. The minimum absolute atomic E-state index is 0.0130. The first-order chi connectivity index (χ1) is 9.55. The van der Waals surface area contributed by atoms with Crippen LogP contribution in [-0.4, -0.2) is 35.8 Å². The molecule has 106 valence electrons. The van der Waals surface area contributed by atoms with Crippen molar-refractivity contribution in [1.82, 2.24) is 9.97 Å². The number of ketones is 2. The molecule has 0 aliphatic carbocycles. The van der Waals surface area contributed by atoms with Crippen LogP contribution in [0.2, 0.25) is 0 Å². The fourth-order valence-corrected chi connectivity index (χ4v) is 2.52. The van der Waals surface area contributed by atoms with Gasteiger partial charge in [-0.1, -0.05) is 11.3 Å². The lowest BCUT2D eigenvalue weighted by molar-refractivity contribution is -0.116. The number of aromatic nitrogens is 2. The van der Waals surface area contributed by atoms with Gasteiger partial charge in [0.1, 0.15) is 16.1 Å². The number of fused-ring (bicyclic) bond motifs is 1. The van der Waals surface area contributed by atoms with Gasteiger partial charge in [0, 0.05) is 18.9 Å². The van der Waals surface area contributed by atoms with E-state index in [4.69, 9.17) is 9.47 Å². The summed E-state index contributed by atoms with van der Waals surface area (Å²) in [4.78, 5) is 31.9. The van der Waals surface area contributed by atoms with Crippen molar-refractivity contribution in [3.8, 4) is 11.6 Å². The molecule has 2 aromatic rings. The van der Waals surface area contributed by atoms with E-state index in [9.17, 15) is 9.59 Å². The number of methoxy groups -OCH3 is 2. The van der Waals surface area contributed by atoms with Gasteiger partial charge in [0.25, 0.3) is 5.88 Å². The molecule has 0 unspecified atom stereocenters. The van der Waals surface area contributed by atoms with Crippen LogP contribution in [-0.2, 0) is 4.79 Å². The third kappa shape index (κ3) is 2.93. The van der Waals surface area contributed by atoms with Crippen LogP contribution in [0.3, 0.4) is 0 Å². The molecule has 0 aromatic carbocycles. The summed E-state index contributed by atoms with van der Waals surface area (Å²) in [7, 11) is 3.01. The summed E-state index contributed by atoms with van der Waals surface area (Å²) >= 11 is 1.19. The highest BCUT2D eigenvalue weighted by Crippen LogP contribution is 2.31. The Hall–Kier alpha value is -2.02. The van der Waals surface area contributed by atoms with Crippen LogP contribution in [0.4, 0.5) is 0 Å². The second-order valence-corrected chi connectivity index (χ2v) is 5.15. The number of pyridine rings is 1. The van der Waals surface area contributed by atoms with Crippen molar-refractivity contribution < 1.29 is 19.1 Å². The fraction of sp³-hybridized carbons (Fsp3) is 0.385. The third-order valence-electron chi connectivity index (χ3n) is 2.67. The first-order valence-electron chi connectivity index (χ1n) is 5.97. The summed E-state index contributed by atoms with van der Waals surface area (Å²) in [6.45, 7) is 1.46. The molecule has 0 saturated heterocycles. The smallest absolute Gasteiger partial charge is 0.258 e. The molecule has 6 nitrogen and oxygen atoms in total.